The lowest BCUT2D eigenvalue weighted by Crippen LogP contribution is -2.31. The third-order valence-electron chi connectivity index (χ3n) is 4.54. The van der Waals surface area contributed by atoms with Crippen LogP contribution in [0, 0.1) is 0 Å². The first-order valence-electron chi connectivity index (χ1n) is 9.86. The fourth-order valence-corrected chi connectivity index (χ4v) is 3.82. The van der Waals surface area contributed by atoms with E-state index in [1.807, 2.05) is 61.5 Å². The summed E-state index contributed by atoms with van der Waals surface area (Å²) in [7, 11) is 1.60. The number of thioether (sulfide) groups is 1. The Balaban J connectivity index is 1.78. The van der Waals surface area contributed by atoms with Gasteiger partial charge in [-0.2, -0.15) is 0 Å². The molecule has 0 aliphatic carbocycles. The Kier molecular flexibility index (Phi) is 7.72. The molecule has 0 fully saturated rings. The van der Waals surface area contributed by atoms with Crippen LogP contribution in [0.25, 0.3) is 0 Å². The SMILES string of the molecule is CCOC(=O)C1=C(C)NC(SCC(=O)Nc2ccccc2)=N[C@@H]1c1ccc(OC)cc1. The standard InChI is InChI=1S/C23H25N3O4S/c1-4-30-22(28)20-15(2)24-23(26-21(20)16-10-12-18(29-3)13-11-16)31-14-19(27)25-17-8-6-5-7-9-17/h5-13,21H,4,14H2,1-3H3,(H,24,26)(H,25,27)/t21-/m1/s1. The van der Waals surface area contributed by atoms with Crippen LogP contribution in [-0.4, -0.2) is 36.5 Å². The summed E-state index contributed by atoms with van der Waals surface area (Å²) in [6.07, 6.45) is 0. The minimum Gasteiger partial charge on any atom is -0.497 e. The smallest absolute Gasteiger partial charge is 0.338 e. The van der Waals surface area contributed by atoms with Crippen LogP contribution in [0.3, 0.4) is 0 Å². The minimum atomic E-state index is -0.536. The highest BCUT2D eigenvalue weighted by Crippen LogP contribution is 2.33. The quantitative estimate of drug-likeness (QED) is 0.636. The number of esters is 1. The van der Waals surface area contributed by atoms with Crippen LogP contribution in [-0.2, 0) is 14.3 Å². The molecule has 2 aromatic rings. The number of nitrogens with zero attached hydrogens (tertiary/aromatic N) is 1. The third-order valence-corrected chi connectivity index (χ3v) is 5.43. The van der Waals surface area contributed by atoms with E-state index < -0.39 is 12.0 Å². The second-order valence-corrected chi connectivity index (χ2v) is 7.66. The number of amides is 1. The number of para-hydroxylation sites is 1. The summed E-state index contributed by atoms with van der Waals surface area (Å²) in [6, 6.07) is 16.1. The van der Waals surface area contributed by atoms with E-state index in [9.17, 15) is 9.59 Å². The van der Waals surface area contributed by atoms with Crippen molar-refractivity contribution in [2.24, 2.45) is 4.99 Å². The van der Waals surface area contributed by atoms with Crippen molar-refractivity contribution in [3.05, 3.63) is 71.4 Å². The summed E-state index contributed by atoms with van der Waals surface area (Å²) in [5.74, 6) is 0.340. The Morgan fingerprint density at radius 2 is 1.84 bits per heavy atom. The molecule has 0 bridgehead atoms. The molecule has 0 saturated heterocycles. The zero-order chi connectivity index (χ0) is 22.2. The number of aliphatic imine (C=N–C) groups is 1. The molecule has 1 heterocycles. The number of nitrogens with one attached hydrogen (secondary N) is 2. The van der Waals surface area contributed by atoms with Crippen LogP contribution in [0.2, 0.25) is 0 Å². The first-order valence-corrected chi connectivity index (χ1v) is 10.8. The molecule has 1 amide bonds. The lowest BCUT2D eigenvalue weighted by atomic mass is 9.96. The molecule has 8 heteroatoms. The molecule has 3 rings (SSSR count). The van der Waals surface area contributed by atoms with E-state index in [0.29, 0.717) is 22.2 Å². The monoisotopic (exact) mass is 439 g/mol. The molecule has 0 spiro atoms. The summed E-state index contributed by atoms with van der Waals surface area (Å²) in [6.45, 7) is 3.85. The summed E-state index contributed by atoms with van der Waals surface area (Å²) in [5, 5.41) is 6.55. The summed E-state index contributed by atoms with van der Waals surface area (Å²) in [5.41, 5.74) is 2.67. The third kappa shape index (κ3) is 5.88. The van der Waals surface area contributed by atoms with Crippen molar-refractivity contribution in [3.63, 3.8) is 0 Å². The van der Waals surface area contributed by atoms with Crippen molar-refractivity contribution < 1.29 is 19.1 Å². The number of carbonyl (C=O) groups is 2. The maximum absolute atomic E-state index is 12.6. The molecule has 31 heavy (non-hydrogen) atoms. The normalized spacial score (nSPS) is 15.6. The molecule has 2 N–H and O–H groups in total. The highest BCUT2D eigenvalue weighted by Gasteiger charge is 2.30. The van der Waals surface area contributed by atoms with Crippen LogP contribution in [0.1, 0.15) is 25.5 Å². The number of ether oxygens (including phenoxy) is 2. The Bertz CT molecular complexity index is 988. The minimum absolute atomic E-state index is 0.139. The maximum Gasteiger partial charge on any atom is 0.338 e. The van der Waals surface area contributed by atoms with Gasteiger partial charge in [-0.1, -0.05) is 42.1 Å². The van der Waals surface area contributed by atoms with Crippen LogP contribution < -0.4 is 15.4 Å². The second-order valence-electron chi connectivity index (χ2n) is 6.70. The number of rotatable bonds is 7. The number of carbonyl (C=O) groups excluding carboxylic acids is 2. The van der Waals surface area contributed by atoms with Crippen molar-refractivity contribution in [2.45, 2.75) is 19.9 Å². The fourth-order valence-electron chi connectivity index (χ4n) is 3.07. The van der Waals surface area contributed by atoms with Gasteiger partial charge in [0.1, 0.15) is 11.8 Å². The molecule has 1 aliphatic rings. The van der Waals surface area contributed by atoms with Crippen molar-refractivity contribution in [2.75, 3.05) is 24.8 Å². The first kappa shape index (κ1) is 22.4. The highest BCUT2D eigenvalue weighted by atomic mass is 32.2. The van der Waals surface area contributed by atoms with Crippen molar-refractivity contribution in [1.82, 2.24) is 5.32 Å². The van der Waals surface area contributed by atoms with Gasteiger partial charge in [-0.3, -0.25) is 4.79 Å². The number of amidine groups is 1. The van der Waals surface area contributed by atoms with E-state index in [-0.39, 0.29) is 18.3 Å². The summed E-state index contributed by atoms with van der Waals surface area (Å²) >= 11 is 1.28. The largest absolute Gasteiger partial charge is 0.497 e. The van der Waals surface area contributed by atoms with E-state index in [2.05, 4.69) is 10.6 Å². The van der Waals surface area contributed by atoms with Gasteiger partial charge in [-0.25, -0.2) is 9.79 Å². The summed E-state index contributed by atoms with van der Waals surface area (Å²) < 4.78 is 10.5. The Hall–Kier alpha value is -3.26. The molecule has 162 valence electrons. The molecule has 1 aliphatic heterocycles. The molecular weight excluding hydrogens is 414 g/mol. The Labute approximate surface area is 185 Å². The average molecular weight is 440 g/mol. The van der Waals surface area contributed by atoms with Gasteiger partial charge in [0.25, 0.3) is 0 Å². The molecule has 1 atom stereocenters. The second kappa shape index (κ2) is 10.7. The van der Waals surface area contributed by atoms with E-state index in [1.165, 1.54) is 11.8 Å². The van der Waals surface area contributed by atoms with Crippen LogP contribution in [0.15, 0.2) is 70.9 Å². The van der Waals surface area contributed by atoms with Gasteiger partial charge in [0.15, 0.2) is 5.17 Å². The molecule has 0 unspecified atom stereocenters. The van der Waals surface area contributed by atoms with E-state index in [4.69, 9.17) is 14.5 Å². The number of methoxy groups -OCH3 is 1. The maximum atomic E-state index is 12.6. The summed E-state index contributed by atoms with van der Waals surface area (Å²) in [4.78, 5) is 29.6. The molecule has 0 aromatic heterocycles. The van der Waals surface area contributed by atoms with E-state index in [1.54, 1.807) is 14.0 Å². The zero-order valence-electron chi connectivity index (χ0n) is 17.7. The zero-order valence-corrected chi connectivity index (χ0v) is 18.5. The molecular formula is C23H25N3O4S. The van der Waals surface area contributed by atoms with Gasteiger partial charge < -0.3 is 20.1 Å². The number of benzene rings is 2. The van der Waals surface area contributed by atoms with Gasteiger partial charge in [-0.15, -0.1) is 0 Å². The fraction of sp³-hybridized carbons (Fsp3) is 0.261. The number of anilines is 1. The number of allylic oxidation sites excluding steroid dienone is 1. The number of hydrogen-bond donors (Lipinski definition) is 2. The molecule has 7 nitrogen and oxygen atoms in total. The lowest BCUT2D eigenvalue weighted by molar-refractivity contribution is -0.139. The van der Waals surface area contributed by atoms with Gasteiger partial charge in [0.05, 0.1) is 25.0 Å². The van der Waals surface area contributed by atoms with Crippen molar-refractivity contribution in [1.29, 1.82) is 0 Å². The van der Waals surface area contributed by atoms with E-state index in [0.717, 1.165) is 11.3 Å². The molecule has 0 saturated carbocycles. The topological polar surface area (TPSA) is 89.0 Å². The Morgan fingerprint density at radius 1 is 1.13 bits per heavy atom. The molecule has 2 aromatic carbocycles. The average Bonchev–Trinajstić information content (AvgIpc) is 2.78. The predicted molar refractivity (Wildman–Crippen MR) is 123 cm³/mol. The number of hydrogen-bond acceptors (Lipinski definition) is 7. The van der Waals surface area contributed by atoms with Crippen LogP contribution >= 0.6 is 11.8 Å². The van der Waals surface area contributed by atoms with Crippen LogP contribution in [0.4, 0.5) is 5.69 Å². The van der Waals surface area contributed by atoms with Gasteiger partial charge in [0.2, 0.25) is 5.91 Å². The van der Waals surface area contributed by atoms with Gasteiger partial charge >= 0.3 is 5.97 Å². The van der Waals surface area contributed by atoms with Gasteiger partial charge in [0, 0.05) is 11.4 Å². The first-order chi connectivity index (χ1) is 15.0. The van der Waals surface area contributed by atoms with Crippen molar-refractivity contribution in [3.8, 4) is 5.75 Å². The van der Waals surface area contributed by atoms with Gasteiger partial charge in [-0.05, 0) is 43.7 Å². The highest BCUT2D eigenvalue weighted by molar-refractivity contribution is 8.14. The lowest BCUT2D eigenvalue weighted by Gasteiger charge is -2.25. The molecule has 0 radical (unpaired) electrons. The van der Waals surface area contributed by atoms with Crippen LogP contribution in [0.5, 0.6) is 5.75 Å². The van der Waals surface area contributed by atoms with E-state index >= 15 is 0 Å². The van der Waals surface area contributed by atoms with Crippen molar-refractivity contribution >= 4 is 34.5 Å². The Morgan fingerprint density at radius 3 is 2.48 bits per heavy atom. The predicted octanol–water partition coefficient (Wildman–Crippen LogP) is 3.90.